The van der Waals surface area contributed by atoms with E-state index in [0.29, 0.717) is 0 Å². The molecular formula is C46H29NOS. The van der Waals surface area contributed by atoms with Crippen LogP contribution in [0.5, 0.6) is 0 Å². The number of rotatable bonds is 5. The highest BCUT2D eigenvalue weighted by Crippen LogP contribution is 2.52. The van der Waals surface area contributed by atoms with Crippen LogP contribution < -0.4 is 4.90 Å². The van der Waals surface area contributed by atoms with Crippen molar-refractivity contribution in [2.45, 2.75) is 0 Å². The van der Waals surface area contributed by atoms with Crippen LogP contribution >= 0.6 is 11.3 Å². The molecule has 2 nitrogen and oxygen atoms in total. The first kappa shape index (κ1) is 27.9. The zero-order valence-electron chi connectivity index (χ0n) is 26.5. The van der Waals surface area contributed by atoms with Crippen molar-refractivity contribution in [2.24, 2.45) is 0 Å². The van der Waals surface area contributed by atoms with Gasteiger partial charge in [-0.15, -0.1) is 11.3 Å². The van der Waals surface area contributed by atoms with E-state index in [1.165, 1.54) is 42.1 Å². The molecule has 0 amide bonds. The van der Waals surface area contributed by atoms with Crippen LogP contribution in [-0.2, 0) is 0 Å². The second-order valence-corrected chi connectivity index (χ2v) is 13.5. The zero-order valence-corrected chi connectivity index (χ0v) is 27.3. The predicted octanol–water partition coefficient (Wildman–Crippen LogP) is 13.9. The lowest BCUT2D eigenvalue weighted by molar-refractivity contribution is 0.669. The number of benzene rings is 8. The molecule has 0 aliphatic carbocycles. The fourth-order valence-corrected chi connectivity index (χ4v) is 8.68. The Kier molecular flexibility index (Phi) is 6.39. The summed E-state index contributed by atoms with van der Waals surface area (Å²) in [5, 5.41) is 7.13. The topological polar surface area (TPSA) is 16.4 Å². The molecular weight excluding hydrogens is 615 g/mol. The smallest absolute Gasteiger partial charge is 0.160 e. The molecule has 10 aromatic rings. The molecule has 0 spiro atoms. The van der Waals surface area contributed by atoms with Gasteiger partial charge in [-0.1, -0.05) is 146 Å². The number of para-hydroxylation sites is 1. The third-order valence-electron chi connectivity index (χ3n) is 9.68. The quantitative estimate of drug-likeness (QED) is 0.186. The summed E-state index contributed by atoms with van der Waals surface area (Å²) in [4.78, 5) is 2.47. The van der Waals surface area contributed by atoms with Gasteiger partial charge in [-0.05, 0) is 52.4 Å². The summed E-state index contributed by atoms with van der Waals surface area (Å²) in [7, 11) is 0. The molecule has 0 aliphatic heterocycles. The van der Waals surface area contributed by atoms with Gasteiger partial charge in [-0.2, -0.15) is 0 Å². The average molecular weight is 644 g/mol. The summed E-state index contributed by atoms with van der Waals surface area (Å²) in [5.74, 6) is 0. The predicted molar refractivity (Wildman–Crippen MR) is 210 cm³/mol. The number of nitrogens with zero attached hydrogens (tertiary/aromatic N) is 1. The maximum absolute atomic E-state index is 6.91. The van der Waals surface area contributed by atoms with Crippen LogP contribution in [-0.4, -0.2) is 0 Å². The molecule has 0 unspecified atom stereocenters. The van der Waals surface area contributed by atoms with Gasteiger partial charge >= 0.3 is 0 Å². The van der Waals surface area contributed by atoms with Gasteiger partial charge in [-0.25, -0.2) is 0 Å². The van der Waals surface area contributed by atoms with Crippen molar-refractivity contribution in [3.05, 3.63) is 176 Å². The van der Waals surface area contributed by atoms with Crippen molar-refractivity contribution in [1.82, 2.24) is 0 Å². The summed E-state index contributed by atoms with van der Waals surface area (Å²) in [5.41, 5.74) is 9.68. The molecule has 0 saturated carbocycles. The highest BCUT2D eigenvalue weighted by Gasteiger charge is 2.27. The zero-order chi connectivity index (χ0) is 32.3. The molecule has 0 N–H and O–H groups in total. The van der Waals surface area contributed by atoms with E-state index in [1.807, 2.05) is 17.4 Å². The van der Waals surface area contributed by atoms with Crippen molar-refractivity contribution >= 4 is 81.3 Å². The molecule has 3 heteroatoms. The summed E-state index contributed by atoms with van der Waals surface area (Å²) in [6, 6.07) is 63.1. The first-order valence-corrected chi connectivity index (χ1v) is 17.4. The lowest BCUT2D eigenvalue weighted by Crippen LogP contribution is -2.12. The first-order chi connectivity index (χ1) is 24.3. The van der Waals surface area contributed by atoms with Crippen LogP contribution in [0.4, 0.5) is 17.1 Å². The monoisotopic (exact) mass is 643 g/mol. The van der Waals surface area contributed by atoms with Crippen LogP contribution in [0.2, 0.25) is 0 Å². The molecule has 2 heterocycles. The van der Waals surface area contributed by atoms with E-state index < -0.39 is 0 Å². The van der Waals surface area contributed by atoms with E-state index in [4.69, 9.17) is 4.42 Å². The molecule has 8 aromatic carbocycles. The summed E-state index contributed by atoms with van der Waals surface area (Å²) in [6.45, 7) is 0. The van der Waals surface area contributed by atoms with Gasteiger partial charge in [0.25, 0.3) is 0 Å². The molecule has 10 rings (SSSR count). The van der Waals surface area contributed by atoms with Crippen LogP contribution in [0, 0.1) is 0 Å². The maximum atomic E-state index is 6.91. The van der Waals surface area contributed by atoms with E-state index in [9.17, 15) is 0 Å². The van der Waals surface area contributed by atoms with Crippen molar-refractivity contribution in [3.63, 3.8) is 0 Å². The van der Waals surface area contributed by atoms with Crippen LogP contribution in [0.1, 0.15) is 0 Å². The van der Waals surface area contributed by atoms with E-state index in [2.05, 4.69) is 175 Å². The van der Waals surface area contributed by atoms with Crippen LogP contribution in [0.15, 0.2) is 180 Å². The molecule has 0 radical (unpaired) electrons. The lowest BCUT2D eigenvalue weighted by atomic mass is 9.95. The number of anilines is 3. The fraction of sp³-hybridized carbons (Fsp3) is 0. The normalized spacial score (nSPS) is 11.7. The van der Waals surface area contributed by atoms with Crippen molar-refractivity contribution in [3.8, 4) is 22.3 Å². The Labute approximate surface area is 287 Å². The largest absolute Gasteiger partial charge is 0.454 e. The Balaban J connectivity index is 1.38. The Bertz CT molecular complexity index is 2830. The van der Waals surface area contributed by atoms with Crippen LogP contribution in [0.3, 0.4) is 0 Å². The molecule has 230 valence electrons. The minimum absolute atomic E-state index is 0.872. The van der Waals surface area contributed by atoms with Gasteiger partial charge in [0, 0.05) is 37.2 Å². The molecule has 2 aromatic heterocycles. The third kappa shape index (κ3) is 4.40. The molecule has 49 heavy (non-hydrogen) atoms. The number of furan rings is 1. The van der Waals surface area contributed by atoms with Gasteiger partial charge in [0.1, 0.15) is 5.58 Å². The van der Waals surface area contributed by atoms with Crippen LogP contribution in [0.25, 0.3) is 75.1 Å². The van der Waals surface area contributed by atoms with E-state index in [1.54, 1.807) is 0 Å². The Hall–Kier alpha value is -6.16. The number of fused-ring (bicyclic) bond motifs is 7. The van der Waals surface area contributed by atoms with E-state index in [-0.39, 0.29) is 0 Å². The average Bonchev–Trinajstić information content (AvgIpc) is 3.75. The molecule has 0 aliphatic rings. The Morgan fingerprint density at radius 3 is 1.80 bits per heavy atom. The van der Waals surface area contributed by atoms with Gasteiger partial charge in [-0.3, -0.25) is 0 Å². The third-order valence-corrected chi connectivity index (χ3v) is 10.9. The van der Waals surface area contributed by atoms with Gasteiger partial charge in [0.05, 0.1) is 21.8 Å². The van der Waals surface area contributed by atoms with E-state index in [0.717, 1.165) is 50.1 Å². The van der Waals surface area contributed by atoms with Gasteiger partial charge in [0.2, 0.25) is 0 Å². The van der Waals surface area contributed by atoms with Gasteiger partial charge in [0.15, 0.2) is 5.58 Å². The molecule has 0 bridgehead atoms. The summed E-state index contributed by atoms with van der Waals surface area (Å²) >= 11 is 1.85. The van der Waals surface area contributed by atoms with Gasteiger partial charge < -0.3 is 9.32 Å². The standard InChI is InChI=1S/C46H29NOS/c1-3-14-30(15-4-1)32-28-29-40(35-19-8-7-18-34(32)35)47(41-23-13-22-39-37-21-10-12-25-43(37)49-46(39)41)44-33(31-16-5-2-6-17-31)26-27-38-36-20-9-11-24-42(36)48-45(38)44/h1-29H. The Morgan fingerprint density at radius 2 is 1.00 bits per heavy atom. The highest BCUT2D eigenvalue weighted by molar-refractivity contribution is 7.26. The number of thiophene rings is 1. The molecule has 0 atom stereocenters. The minimum Gasteiger partial charge on any atom is -0.454 e. The minimum atomic E-state index is 0.872. The maximum Gasteiger partial charge on any atom is 0.160 e. The lowest BCUT2D eigenvalue weighted by Gasteiger charge is -2.30. The van der Waals surface area contributed by atoms with E-state index >= 15 is 0 Å². The SMILES string of the molecule is c1ccc(-c2ccc3c(oc4ccccc43)c2N(c2ccc(-c3ccccc3)c3ccccc23)c2cccc3c2sc2ccccc23)cc1. The number of hydrogen-bond donors (Lipinski definition) is 0. The van der Waals surface area contributed by atoms with Crippen molar-refractivity contribution in [1.29, 1.82) is 0 Å². The highest BCUT2D eigenvalue weighted by atomic mass is 32.1. The molecule has 0 saturated heterocycles. The Morgan fingerprint density at radius 1 is 0.388 bits per heavy atom. The summed E-state index contributed by atoms with van der Waals surface area (Å²) < 4.78 is 9.43. The second kappa shape index (κ2) is 11.2. The number of hydrogen-bond acceptors (Lipinski definition) is 3. The fourth-order valence-electron chi connectivity index (χ4n) is 7.47. The summed E-state index contributed by atoms with van der Waals surface area (Å²) in [6.07, 6.45) is 0. The second-order valence-electron chi connectivity index (χ2n) is 12.4. The van der Waals surface area contributed by atoms with Crippen molar-refractivity contribution < 1.29 is 4.42 Å². The molecule has 0 fully saturated rings. The first-order valence-electron chi connectivity index (χ1n) is 16.6. The van der Waals surface area contributed by atoms with Crippen molar-refractivity contribution in [2.75, 3.05) is 4.90 Å².